The van der Waals surface area contributed by atoms with Crippen LogP contribution in [0.5, 0.6) is 5.75 Å². The molecule has 1 rings (SSSR count). The molecule has 0 unspecified atom stereocenters. The van der Waals surface area contributed by atoms with Crippen molar-refractivity contribution in [3.8, 4) is 5.75 Å². The van der Waals surface area contributed by atoms with Crippen LogP contribution in [0.4, 0.5) is 4.39 Å². The maximum absolute atomic E-state index is 12.7. The highest BCUT2D eigenvalue weighted by atomic mass is 79.9. The summed E-state index contributed by atoms with van der Waals surface area (Å²) >= 11 is 8.67. The third-order valence-electron chi connectivity index (χ3n) is 1.22. The van der Waals surface area contributed by atoms with Crippen LogP contribution in [0.2, 0.25) is 5.02 Å². The lowest BCUT2D eigenvalue weighted by molar-refractivity contribution is 0.413. The zero-order chi connectivity index (χ0) is 8.43. The van der Waals surface area contributed by atoms with Crippen LogP contribution in [0.25, 0.3) is 0 Å². The van der Waals surface area contributed by atoms with Crippen molar-refractivity contribution in [2.45, 2.75) is 0 Å². The van der Waals surface area contributed by atoms with E-state index in [2.05, 4.69) is 15.9 Å². The first kappa shape index (κ1) is 8.81. The number of methoxy groups -OCH3 is 1. The van der Waals surface area contributed by atoms with Crippen molar-refractivity contribution >= 4 is 27.5 Å². The summed E-state index contributed by atoms with van der Waals surface area (Å²) in [6.07, 6.45) is 0. The van der Waals surface area contributed by atoms with Crippen LogP contribution in [0.3, 0.4) is 0 Å². The molecule has 0 amide bonds. The van der Waals surface area contributed by atoms with Gasteiger partial charge in [-0.25, -0.2) is 4.39 Å². The van der Waals surface area contributed by atoms with Crippen molar-refractivity contribution < 1.29 is 9.13 Å². The number of halogens is 3. The Bertz CT molecular complexity index is 277. The van der Waals surface area contributed by atoms with E-state index in [1.165, 1.54) is 19.2 Å². The summed E-state index contributed by atoms with van der Waals surface area (Å²) in [7, 11) is 1.48. The van der Waals surface area contributed by atoms with Crippen LogP contribution >= 0.6 is 27.5 Å². The second kappa shape index (κ2) is 3.41. The molecular formula is C7H5BrClFO. The number of hydrogen-bond donors (Lipinski definition) is 0. The topological polar surface area (TPSA) is 9.23 Å². The molecule has 0 N–H and O–H groups in total. The minimum atomic E-state index is -0.393. The van der Waals surface area contributed by atoms with Gasteiger partial charge in [0.15, 0.2) is 0 Å². The van der Waals surface area contributed by atoms with Crippen molar-refractivity contribution in [1.82, 2.24) is 0 Å². The molecule has 0 atom stereocenters. The molecule has 1 aromatic rings. The van der Waals surface area contributed by atoms with E-state index in [4.69, 9.17) is 16.3 Å². The van der Waals surface area contributed by atoms with Crippen molar-refractivity contribution in [2.24, 2.45) is 0 Å². The summed E-state index contributed by atoms with van der Waals surface area (Å²) in [6.45, 7) is 0. The van der Waals surface area contributed by atoms with Crippen molar-refractivity contribution in [1.29, 1.82) is 0 Å². The molecular weight excluding hydrogens is 234 g/mol. The molecule has 0 aromatic heterocycles. The molecule has 1 aromatic carbocycles. The van der Waals surface area contributed by atoms with E-state index in [1.807, 2.05) is 0 Å². The molecule has 0 aliphatic rings. The zero-order valence-corrected chi connectivity index (χ0v) is 8.04. The van der Waals surface area contributed by atoms with E-state index < -0.39 is 5.82 Å². The molecule has 0 heterocycles. The Morgan fingerprint density at radius 3 is 2.73 bits per heavy atom. The Balaban J connectivity index is 3.25. The first-order chi connectivity index (χ1) is 5.16. The zero-order valence-electron chi connectivity index (χ0n) is 5.70. The number of ether oxygens (including phenoxy) is 1. The first-order valence-corrected chi connectivity index (χ1v) is 4.01. The van der Waals surface area contributed by atoms with Crippen LogP contribution in [0, 0.1) is 5.82 Å². The maximum Gasteiger partial charge on any atom is 0.139 e. The summed E-state index contributed by atoms with van der Waals surface area (Å²) < 4.78 is 17.8. The molecule has 0 fully saturated rings. The fourth-order valence-corrected chi connectivity index (χ4v) is 1.22. The predicted octanol–water partition coefficient (Wildman–Crippen LogP) is 3.25. The van der Waals surface area contributed by atoms with Gasteiger partial charge in [0.2, 0.25) is 0 Å². The smallest absolute Gasteiger partial charge is 0.139 e. The molecule has 0 saturated carbocycles. The van der Waals surface area contributed by atoms with Crippen LogP contribution in [0.1, 0.15) is 0 Å². The van der Waals surface area contributed by atoms with Gasteiger partial charge in [-0.05, 0) is 28.1 Å². The number of rotatable bonds is 1. The SMILES string of the molecule is COc1ccc(F)c(Br)c1Cl. The van der Waals surface area contributed by atoms with E-state index in [0.29, 0.717) is 5.75 Å². The van der Waals surface area contributed by atoms with Gasteiger partial charge < -0.3 is 4.74 Å². The van der Waals surface area contributed by atoms with Gasteiger partial charge in [0, 0.05) is 0 Å². The molecule has 1 nitrogen and oxygen atoms in total. The van der Waals surface area contributed by atoms with Crippen molar-refractivity contribution in [3.05, 3.63) is 27.4 Å². The summed E-state index contributed by atoms with van der Waals surface area (Å²) in [6, 6.07) is 2.76. The summed E-state index contributed by atoms with van der Waals surface area (Å²) in [5, 5.41) is 0.257. The Labute approximate surface area is 77.2 Å². The highest BCUT2D eigenvalue weighted by Gasteiger charge is 2.08. The summed E-state index contributed by atoms with van der Waals surface area (Å²) in [4.78, 5) is 0. The van der Waals surface area contributed by atoms with Gasteiger partial charge in [-0.15, -0.1) is 0 Å². The van der Waals surface area contributed by atoms with Crippen LogP contribution in [-0.2, 0) is 0 Å². The molecule has 0 radical (unpaired) electrons. The first-order valence-electron chi connectivity index (χ1n) is 2.84. The van der Waals surface area contributed by atoms with Gasteiger partial charge in [0.25, 0.3) is 0 Å². The van der Waals surface area contributed by atoms with Crippen molar-refractivity contribution in [3.63, 3.8) is 0 Å². The minimum absolute atomic E-state index is 0.235. The average Bonchev–Trinajstić information content (AvgIpc) is 2.01. The fourth-order valence-electron chi connectivity index (χ4n) is 0.666. The standard InChI is InChI=1S/C7H5BrClFO/c1-11-5-3-2-4(10)6(8)7(5)9/h2-3H,1H3. The van der Waals surface area contributed by atoms with Crippen LogP contribution < -0.4 is 4.74 Å². The van der Waals surface area contributed by atoms with E-state index in [9.17, 15) is 4.39 Å². The van der Waals surface area contributed by atoms with Gasteiger partial charge in [-0.1, -0.05) is 11.6 Å². The lowest BCUT2D eigenvalue weighted by Gasteiger charge is -2.03. The van der Waals surface area contributed by atoms with Crippen LogP contribution in [0.15, 0.2) is 16.6 Å². The monoisotopic (exact) mass is 238 g/mol. The van der Waals surface area contributed by atoms with Crippen LogP contribution in [-0.4, -0.2) is 7.11 Å². The highest BCUT2D eigenvalue weighted by Crippen LogP contribution is 2.33. The Hall–Kier alpha value is -0.280. The minimum Gasteiger partial charge on any atom is -0.495 e. The molecule has 0 spiro atoms. The highest BCUT2D eigenvalue weighted by molar-refractivity contribution is 9.10. The Kier molecular flexibility index (Phi) is 2.73. The maximum atomic E-state index is 12.7. The Morgan fingerprint density at radius 1 is 1.55 bits per heavy atom. The summed E-state index contributed by atoms with van der Waals surface area (Å²) in [5.74, 6) is 0.0655. The largest absolute Gasteiger partial charge is 0.495 e. The molecule has 0 bridgehead atoms. The van der Waals surface area contributed by atoms with E-state index in [0.717, 1.165) is 0 Å². The lowest BCUT2D eigenvalue weighted by Crippen LogP contribution is -1.86. The molecule has 4 heteroatoms. The third-order valence-corrected chi connectivity index (χ3v) is 2.60. The van der Waals surface area contributed by atoms with Gasteiger partial charge in [-0.2, -0.15) is 0 Å². The second-order valence-corrected chi connectivity index (χ2v) is 3.05. The molecule has 60 valence electrons. The fraction of sp³-hybridized carbons (Fsp3) is 0.143. The molecule has 0 saturated heterocycles. The van der Waals surface area contributed by atoms with Crippen molar-refractivity contribution in [2.75, 3.05) is 7.11 Å². The quantitative estimate of drug-likeness (QED) is 0.684. The lowest BCUT2D eigenvalue weighted by atomic mass is 10.3. The summed E-state index contributed by atoms with van der Waals surface area (Å²) in [5.41, 5.74) is 0. The number of benzene rings is 1. The van der Waals surface area contributed by atoms with Gasteiger partial charge in [0.1, 0.15) is 11.6 Å². The van der Waals surface area contributed by atoms with Gasteiger partial charge in [-0.3, -0.25) is 0 Å². The molecule has 0 aliphatic heterocycles. The molecule has 0 aliphatic carbocycles. The second-order valence-electron chi connectivity index (χ2n) is 1.88. The van der Waals surface area contributed by atoms with Gasteiger partial charge in [0.05, 0.1) is 16.6 Å². The van der Waals surface area contributed by atoms with E-state index in [-0.39, 0.29) is 9.50 Å². The van der Waals surface area contributed by atoms with E-state index >= 15 is 0 Å². The third kappa shape index (κ3) is 1.65. The van der Waals surface area contributed by atoms with E-state index in [1.54, 1.807) is 0 Å². The van der Waals surface area contributed by atoms with Gasteiger partial charge >= 0.3 is 0 Å². The molecule has 11 heavy (non-hydrogen) atoms. The average molecular weight is 239 g/mol. The Morgan fingerprint density at radius 2 is 2.18 bits per heavy atom. The predicted molar refractivity (Wildman–Crippen MR) is 45.7 cm³/mol. The normalized spacial score (nSPS) is 9.82. The number of hydrogen-bond acceptors (Lipinski definition) is 1.